The summed E-state index contributed by atoms with van der Waals surface area (Å²) in [6.45, 7) is 3.46. The standard InChI is InChI=1S/C14H15BrN2O2S/c1-9-3-8-13(16)10(2)14(9)20(18,19)17-12-6-4-11(15)5-7-12/h3-8,17H,16H2,1-2H3. The molecule has 3 N–H and O–H groups in total. The lowest BCUT2D eigenvalue weighted by Crippen LogP contribution is -2.16. The number of sulfonamides is 1. The molecule has 0 amide bonds. The molecule has 0 atom stereocenters. The zero-order valence-electron chi connectivity index (χ0n) is 11.1. The van der Waals surface area contributed by atoms with E-state index < -0.39 is 10.0 Å². The summed E-state index contributed by atoms with van der Waals surface area (Å²) in [7, 11) is -3.66. The monoisotopic (exact) mass is 354 g/mol. The highest BCUT2D eigenvalue weighted by molar-refractivity contribution is 9.10. The Bertz CT molecular complexity index is 741. The van der Waals surface area contributed by atoms with E-state index in [-0.39, 0.29) is 4.90 Å². The summed E-state index contributed by atoms with van der Waals surface area (Å²) in [6.07, 6.45) is 0. The Hall–Kier alpha value is -1.53. The Labute approximate surface area is 127 Å². The molecule has 2 rings (SSSR count). The van der Waals surface area contributed by atoms with Crippen LogP contribution in [0, 0.1) is 13.8 Å². The number of halogens is 1. The van der Waals surface area contributed by atoms with Gasteiger partial charge < -0.3 is 5.73 Å². The SMILES string of the molecule is Cc1ccc(N)c(C)c1S(=O)(=O)Nc1ccc(Br)cc1. The molecule has 0 fully saturated rings. The van der Waals surface area contributed by atoms with Crippen LogP contribution in [0.15, 0.2) is 45.8 Å². The van der Waals surface area contributed by atoms with Crippen LogP contribution in [-0.4, -0.2) is 8.42 Å². The Morgan fingerprint density at radius 1 is 1.05 bits per heavy atom. The molecule has 4 nitrogen and oxygen atoms in total. The predicted octanol–water partition coefficient (Wildman–Crippen LogP) is 3.45. The maximum Gasteiger partial charge on any atom is 0.262 e. The van der Waals surface area contributed by atoms with Crippen LogP contribution in [0.2, 0.25) is 0 Å². The minimum absolute atomic E-state index is 0.236. The lowest BCUT2D eigenvalue weighted by atomic mass is 10.1. The van der Waals surface area contributed by atoms with Gasteiger partial charge in [0.15, 0.2) is 0 Å². The molecule has 0 heterocycles. The van der Waals surface area contributed by atoms with Gasteiger partial charge in [0, 0.05) is 15.8 Å². The third-order valence-corrected chi connectivity index (χ3v) is 5.21. The molecule has 106 valence electrons. The third-order valence-electron chi connectivity index (χ3n) is 3.01. The second-order valence-electron chi connectivity index (χ2n) is 4.54. The van der Waals surface area contributed by atoms with Crippen LogP contribution in [0.1, 0.15) is 11.1 Å². The molecule has 20 heavy (non-hydrogen) atoms. The topological polar surface area (TPSA) is 72.2 Å². The molecule has 0 radical (unpaired) electrons. The number of benzene rings is 2. The summed E-state index contributed by atoms with van der Waals surface area (Å²) < 4.78 is 28.5. The van der Waals surface area contributed by atoms with Gasteiger partial charge in [0.25, 0.3) is 10.0 Å². The molecule has 0 aliphatic carbocycles. The highest BCUT2D eigenvalue weighted by Gasteiger charge is 2.20. The van der Waals surface area contributed by atoms with E-state index in [1.807, 2.05) is 0 Å². The lowest BCUT2D eigenvalue weighted by Gasteiger charge is -2.14. The summed E-state index contributed by atoms with van der Waals surface area (Å²) >= 11 is 3.31. The molecule has 6 heteroatoms. The van der Waals surface area contributed by atoms with Crippen LogP contribution in [0.4, 0.5) is 11.4 Å². The first-order valence-electron chi connectivity index (χ1n) is 5.95. The predicted molar refractivity (Wildman–Crippen MR) is 85.3 cm³/mol. The van der Waals surface area contributed by atoms with Crippen molar-refractivity contribution in [3.63, 3.8) is 0 Å². The molecule has 0 saturated carbocycles. The van der Waals surface area contributed by atoms with Crippen molar-refractivity contribution in [3.8, 4) is 0 Å². The quantitative estimate of drug-likeness (QED) is 0.829. The van der Waals surface area contributed by atoms with E-state index in [2.05, 4.69) is 20.7 Å². The smallest absolute Gasteiger partial charge is 0.262 e. The van der Waals surface area contributed by atoms with E-state index in [4.69, 9.17) is 5.73 Å². The highest BCUT2D eigenvalue weighted by Crippen LogP contribution is 2.27. The van der Waals surface area contributed by atoms with Gasteiger partial charge >= 0.3 is 0 Å². The first-order chi connectivity index (χ1) is 9.31. The van der Waals surface area contributed by atoms with Crippen molar-refractivity contribution >= 4 is 37.3 Å². The number of hydrogen-bond acceptors (Lipinski definition) is 3. The molecule has 0 aromatic heterocycles. The van der Waals surface area contributed by atoms with Crippen molar-refractivity contribution in [2.75, 3.05) is 10.5 Å². The van der Waals surface area contributed by atoms with Gasteiger partial charge in [-0.25, -0.2) is 8.42 Å². The molecule has 2 aromatic carbocycles. The minimum atomic E-state index is -3.66. The van der Waals surface area contributed by atoms with Crippen molar-refractivity contribution in [2.45, 2.75) is 18.7 Å². The van der Waals surface area contributed by atoms with Gasteiger partial charge in [0.05, 0.1) is 4.90 Å². The zero-order valence-corrected chi connectivity index (χ0v) is 13.5. The van der Waals surface area contributed by atoms with E-state index in [1.165, 1.54) is 0 Å². The first kappa shape index (κ1) is 14.9. The number of nitrogens with one attached hydrogen (secondary N) is 1. The average Bonchev–Trinajstić information content (AvgIpc) is 2.37. The van der Waals surface area contributed by atoms with Crippen molar-refractivity contribution < 1.29 is 8.42 Å². The maximum absolute atomic E-state index is 12.5. The van der Waals surface area contributed by atoms with Crippen molar-refractivity contribution in [1.29, 1.82) is 0 Å². The van der Waals surface area contributed by atoms with Crippen molar-refractivity contribution in [1.82, 2.24) is 0 Å². The summed E-state index contributed by atoms with van der Waals surface area (Å²) in [5, 5.41) is 0. The highest BCUT2D eigenvalue weighted by atomic mass is 79.9. The molecule has 0 unspecified atom stereocenters. The number of nitrogens with two attached hydrogens (primary N) is 1. The zero-order chi connectivity index (χ0) is 14.9. The molecule has 0 bridgehead atoms. The Morgan fingerprint density at radius 3 is 2.25 bits per heavy atom. The maximum atomic E-state index is 12.5. The first-order valence-corrected chi connectivity index (χ1v) is 8.23. The fourth-order valence-electron chi connectivity index (χ4n) is 1.98. The van der Waals surface area contributed by atoms with Gasteiger partial charge in [-0.1, -0.05) is 22.0 Å². The number of nitrogen functional groups attached to an aromatic ring is 1. The van der Waals surface area contributed by atoms with Gasteiger partial charge in [-0.15, -0.1) is 0 Å². The van der Waals surface area contributed by atoms with Crippen molar-refractivity contribution in [3.05, 3.63) is 52.0 Å². The minimum Gasteiger partial charge on any atom is -0.398 e. The number of aryl methyl sites for hydroxylation is 1. The summed E-state index contributed by atoms with van der Waals surface area (Å²) in [4.78, 5) is 0.236. The van der Waals surface area contributed by atoms with E-state index in [9.17, 15) is 8.42 Å². The van der Waals surface area contributed by atoms with Gasteiger partial charge in [-0.2, -0.15) is 0 Å². The molecule has 0 saturated heterocycles. The number of anilines is 2. The van der Waals surface area contributed by atoms with Crippen LogP contribution >= 0.6 is 15.9 Å². The van der Waals surface area contributed by atoms with Gasteiger partial charge in [0.2, 0.25) is 0 Å². The van der Waals surface area contributed by atoms with Crippen LogP contribution in [0.25, 0.3) is 0 Å². The third kappa shape index (κ3) is 2.96. The molecular formula is C14H15BrN2O2S. The van der Waals surface area contributed by atoms with E-state index in [0.29, 0.717) is 22.5 Å². The largest absolute Gasteiger partial charge is 0.398 e. The van der Waals surface area contributed by atoms with Crippen LogP contribution < -0.4 is 10.5 Å². The molecule has 0 aliphatic heterocycles. The van der Waals surface area contributed by atoms with Crippen LogP contribution in [0.5, 0.6) is 0 Å². The normalized spacial score (nSPS) is 11.3. The molecule has 0 aliphatic rings. The van der Waals surface area contributed by atoms with E-state index >= 15 is 0 Å². The molecule has 0 spiro atoms. The Balaban J connectivity index is 2.46. The molecule has 2 aromatic rings. The lowest BCUT2D eigenvalue weighted by molar-refractivity contribution is 0.600. The fourth-order valence-corrected chi connectivity index (χ4v) is 3.81. The number of hydrogen-bond donors (Lipinski definition) is 2. The van der Waals surface area contributed by atoms with E-state index in [1.54, 1.807) is 50.2 Å². The van der Waals surface area contributed by atoms with Gasteiger partial charge in [0.1, 0.15) is 0 Å². The van der Waals surface area contributed by atoms with E-state index in [0.717, 1.165) is 4.47 Å². The Kier molecular flexibility index (Phi) is 4.06. The van der Waals surface area contributed by atoms with Crippen molar-refractivity contribution in [2.24, 2.45) is 0 Å². The van der Waals surface area contributed by atoms with Crippen LogP contribution in [-0.2, 0) is 10.0 Å². The average molecular weight is 355 g/mol. The summed E-state index contributed by atoms with van der Waals surface area (Å²) in [5.74, 6) is 0. The summed E-state index contributed by atoms with van der Waals surface area (Å²) in [6, 6.07) is 10.4. The second-order valence-corrected chi connectivity index (χ2v) is 7.07. The second kappa shape index (κ2) is 5.46. The molecular weight excluding hydrogens is 340 g/mol. The fraction of sp³-hybridized carbons (Fsp3) is 0.143. The van der Waals surface area contributed by atoms with Crippen LogP contribution in [0.3, 0.4) is 0 Å². The van der Waals surface area contributed by atoms with Gasteiger partial charge in [-0.05, 0) is 55.3 Å². The number of rotatable bonds is 3. The van der Waals surface area contributed by atoms with Gasteiger partial charge in [-0.3, -0.25) is 4.72 Å². The summed E-state index contributed by atoms with van der Waals surface area (Å²) in [5.41, 5.74) is 8.01. The Morgan fingerprint density at radius 2 is 1.65 bits per heavy atom.